The Bertz CT molecular complexity index is 697. The van der Waals surface area contributed by atoms with E-state index in [1.807, 2.05) is 0 Å². The van der Waals surface area contributed by atoms with Crippen molar-refractivity contribution >= 4 is 5.71 Å². The normalized spacial score (nSPS) is 27.3. The zero-order chi connectivity index (χ0) is 20.1. The number of piperidine rings is 3. The van der Waals surface area contributed by atoms with Crippen LogP contribution in [0.5, 0.6) is 11.5 Å². The Balaban J connectivity index is 1.31. The van der Waals surface area contributed by atoms with Crippen LogP contribution in [0.1, 0.15) is 76.3 Å². The number of hydrazone groups is 1. The number of benzene rings is 1. The van der Waals surface area contributed by atoms with Crippen LogP contribution in [0, 0.1) is 5.92 Å². The van der Waals surface area contributed by atoms with Gasteiger partial charge in [-0.05, 0) is 50.0 Å². The van der Waals surface area contributed by atoms with Crippen LogP contribution in [0.25, 0.3) is 0 Å². The van der Waals surface area contributed by atoms with E-state index < -0.39 is 0 Å². The van der Waals surface area contributed by atoms with Gasteiger partial charge in [-0.15, -0.1) is 0 Å². The summed E-state index contributed by atoms with van der Waals surface area (Å²) in [4.78, 5) is 2.60. The fourth-order valence-corrected chi connectivity index (χ4v) is 5.15. The molecule has 0 aromatic heterocycles. The number of ether oxygens (including phenoxy) is 2. The lowest BCUT2D eigenvalue weighted by Gasteiger charge is -2.45. The van der Waals surface area contributed by atoms with Crippen molar-refractivity contribution in [3.05, 3.63) is 23.8 Å². The third-order valence-electron chi connectivity index (χ3n) is 6.84. The van der Waals surface area contributed by atoms with E-state index in [2.05, 4.69) is 35.4 Å². The topological polar surface area (TPSA) is 46.1 Å². The van der Waals surface area contributed by atoms with Crippen LogP contribution < -0.4 is 14.9 Å². The smallest absolute Gasteiger partial charge is 0.161 e. The van der Waals surface area contributed by atoms with E-state index in [-0.39, 0.29) is 6.04 Å². The molecule has 0 saturated carbocycles. The second kappa shape index (κ2) is 9.84. The number of methoxy groups -OCH3 is 1. The molecule has 0 spiro atoms. The Morgan fingerprint density at radius 1 is 1.03 bits per heavy atom. The first-order chi connectivity index (χ1) is 14.3. The average molecular weight is 400 g/mol. The van der Waals surface area contributed by atoms with Gasteiger partial charge in [0.1, 0.15) is 0 Å². The van der Waals surface area contributed by atoms with E-state index in [1.54, 1.807) is 7.11 Å². The fraction of sp³-hybridized carbons (Fsp3) is 0.708. The maximum atomic E-state index is 6.04. The molecule has 2 atom stereocenters. The van der Waals surface area contributed by atoms with Gasteiger partial charge >= 0.3 is 0 Å². The van der Waals surface area contributed by atoms with E-state index in [4.69, 9.17) is 14.6 Å². The number of hydrogen-bond donors (Lipinski definition) is 1. The van der Waals surface area contributed by atoms with Gasteiger partial charge < -0.3 is 14.9 Å². The van der Waals surface area contributed by atoms with Crippen molar-refractivity contribution in [1.29, 1.82) is 0 Å². The zero-order valence-electron chi connectivity index (χ0n) is 18.2. The molecule has 3 fully saturated rings. The van der Waals surface area contributed by atoms with Gasteiger partial charge in [0.25, 0.3) is 0 Å². The largest absolute Gasteiger partial charge is 0.493 e. The van der Waals surface area contributed by atoms with Crippen LogP contribution in [0.2, 0.25) is 0 Å². The zero-order valence-corrected chi connectivity index (χ0v) is 18.2. The number of nitrogens with zero attached hydrogens (tertiary/aromatic N) is 2. The molecule has 5 heteroatoms. The Labute approximate surface area is 175 Å². The maximum Gasteiger partial charge on any atom is 0.161 e. The predicted octanol–water partition coefficient (Wildman–Crippen LogP) is 4.92. The van der Waals surface area contributed by atoms with Crippen LogP contribution in [-0.2, 0) is 0 Å². The van der Waals surface area contributed by atoms with E-state index in [0.717, 1.165) is 24.5 Å². The van der Waals surface area contributed by atoms with E-state index in [1.165, 1.54) is 75.7 Å². The molecular weight excluding hydrogens is 362 g/mol. The molecule has 5 nitrogen and oxygen atoms in total. The Morgan fingerprint density at radius 2 is 1.79 bits per heavy atom. The third-order valence-corrected chi connectivity index (χ3v) is 6.84. The summed E-state index contributed by atoms with van der Waals surface area (Å²) in [6, 6.07) is 7.03. The van der Waals surface area contributed by atoms with Crippen LogP contribution in [0.4, 0.5) is 0 Å². The molecule has 2 unspecified atom stereocenters. The summed E-state index contributed by atoms with van der Waals surface area (Å²) in [6.07, 6.45) is 11.6. The summed E-state index contributed by atoms with van der Waals surface area (Å²) in [5, 5.41) is 4.73. The van der Waals surface area contributed by atoms with Crippen molar-refractivity contribution in [2.45, 2.75) is 76.8 Å². The molecule has 5 rings (SSSR count). The van der Waals surface area contributed by atoms with Crippen LogP contribution in [0.15, 0.2) is 23.3 Å². The minimum absolute atomic E-state index is 0.221. The number of rotatable bonds is 11. The Kier molecular flexibility index (Phi) is 6.96. The van der Waals surface area contributed by atoms with Crippen molar-refractivity contribution in [1.82, 2.24) is 10.3 Å². The van der Waals surface area contributed by atoms with Crippen LogP contribution >= 0.6 is 0 Å². The molecule has 4 aliphatic heterocycles. The molecule has 4 aliphatic rings. The average Bonchev–Trinajstić information content (AvgIpc) is 3.24. The molecule has 0 amide bonds. The van der Waals surface area contributed by atoms with Gasteiger partial charge in [0.15, 0.2) is 11.5 Å². The van der Waals surface area contributed by atoms with Gasteiger partial charge in [0, 0.05) is 5.92 Å². The van der Waals surface area contributed by atoms with Crippen molar-refractivity contribution < 1.29 is 9.47 Å². The molecular formula is C24H37N3O2. The monoisotopic (exact) mass is 399 g/mol. The maximum absolute atomic E-state index is 6.04. The molecule has 1 aromatic carbocycles. The van der Waals surface area contributed by atoms with E-state index in [0.29, 0.717) is 12.0 Å². The molecule has 1 N–H and O–H groups in total. The minimum atomic E-state index is 0.221. The predicted molar refractivity (Wildman–Crippen MR) is 118 cm³/mol. The van der Waals surface area contributed by atoms with Gasteiger partial charge in [0.2, 0.25) is 0 Å². The minimum Gasteiger partial charge on any atom is -0.493 e. The highest BCUT2D eigenvalue weighted by molar-refractivity contribution is 5.95. The first-order valence-electron chi connectivity index (χ1n) is 11.7. The highest BCUT2D eigenvalue weighted by atomic mass is 16.5. The van der Waals surface area contributed by atoms with Gasteiger partial charge in [-0.3, -0.25) is 4.90 Å². The first-order valence-corrected chi connectivity index (χ1v) is 11.7. The number of nitrogens with one attached hydrogen (secondary N) is 1. The Hall–Kier alpha value is -1.75. The van der Waals surface area contributed by atoms with Crippen molar-refractivity contribution in [2.75, 3.05) is 26.8 Å². The highest BCUT2D eigenvalue weighted by Gasteiger charge is 2.46. The second-order valence-electron chi connectivity index (χ2n) is 8.78. The summed E-state index contributed by atoms with van der Waals surface area (Å²) in [6.45, 7) is 5.42. The van der Waals surface area contributed by atoms with Gasteiger partial charge in [0.05, 0.1) is 31.5 Å². The number of hydrogen-bond acceptors (Lipinski definition) is 5. The molecule has 160 valence electrons. The molecule has 3 saturated heterocycles. The van der Waals surface area contributed by atoms with Crippen molar-refractivity contribution in [2.24, 2.45) is 11.0 Å². The highest BCUT2D eigenvalue weighted by Crippen LogP contribution is 2.40. The summed E-state index contributed by atoms with van der Waals surface area (Å²) >= 11 is 0. The summed E-state index contributed by atoms with van der Waals surface area (Å²) in [7, 11) is 1.73. The van der Waals surface area contributed by atoms with Gasteiger partial charge in [-0.2, -0.15) is 5.10 Å². The molecule has 0 radical (unpaired) electrons. The van der Waals surface area contributed by atoms with Crippen molar-refractivity contribution in [3.63, 3.8) is 0 Å². The van der Waals surface area contributed by atoms with E-state index >= 15 is 0 Å². The lowest BCUT2D eigenvalue weighted by molar-refractivity contribution is 0.133. The first kappa shape index (κ1) is 20.5. The summed E-state index contributed by atoms with van der Waals surface area (Å²) in [5.74, 6) is 2.36. The number of fused-ring (bicyclic) bond motifs is 2. The lowest BCUT2D eigenvalue weighted by atomic mass is 9.78. The Morgan fingerprint density at radius 3 is 2.55 bits per heavy atom. The molecule has 0 aliphatic carbocycles. The van der Waals surface area contributed by atoms with Gasteiger partial charge in [-0.1, -0.05) is 51.5 Å². The van der Waals surface area contributed by atoms with Crippen LogP contribution in [-0.4, -0.2) is 43.5 Å². The van der Waals surface area contributed by atoms with E-state index in [9.17, 15) is 0 Å². The molecule has 2 bridgehead atoms. The molecule has 4 heterocycles. The summed E-state index contributed by atoms with van der Waals surface area (Å²) in [5.41, 5.74) is 6.02. The molecule has 29 heavy (non-hydrogen) atoms. The van der Waals surface area contributed by atoms with Crippen molar-refractivity contribution in [3.8, 4) is 11.5 Å². The fourth-order valence-electron chi connectivity index (χ4n) is 5.15. The SMILES string of the molecule is CCCCCCCCCOc1ccc(C2NN=C3C4CCN(CC4)C32)cc1OC. The standard InChI is InChI=1S/C24H37N3O2/c1-3-4-5-6-7-8-9-16-29-20-11-10-19(17-21(20)28-2)23-24-22(25-26-23)18-12-14-27(24)15-13-18/h10-11,17-18,23-24,26H,3-9,12-16H2,1-2H3. The van der Waals surface area contributed by atoms with Crippen LogP contribution in [0.3, 0.4) is 0 Å². The number of unbranched alkanes of at least 4 members (excludes halogenated alkanes) is 6. The third kappa shape index (κ3) is 4.55. The lowest BCUT2D eigenvalue weighted by Crippen LogP contribution is -2.56. The molecule has 1 aromatic rings. The summed E-state index contributed by atoms with van der Waals surface area (Å²) < 4.78 is 11.7. The quantitative estimate of drug-likeness (QED) is 0.537. The second-order valence-corrected chi connectivity index (χ2v) is 8.78. The van der Waals surface area contributed by atoms with Gasteiger partial charge in [-0.25, -0.2) is 0 Å².